The van der Waals surface area contributed by atoms with Crippen molar-refractivity contribution in [3.8, 4) is 17.1 Å². The number of ether oxygens (including phenoxy) is 2. The first-order chi connectivity index (χ1) is 13.3. The minimum atomic E-state index is -0.421. The number of aromatic amines is 1. The maximum atomic E-state index is 14.3. The summed E-state index contributed by atoms with van der Waals surface area (Å²) in [5, 5.41) is 8.00. The minimum Gasteiger partial charge on any atom is -0.488 e. The van der Waals surface area contributed by atoms with Gasteiger partial charge in [-0.15, -0.1) is 0 Å². The van der Waals surface area contributed by atoms with Gasteiger partial charge in [0.1, 0.15) is 17.8 Å². The Hall–Kier alpha value is -2.74. The molecule has 0 saturated carbocycles. The molecule has 0 bridgehead atoms. The van der Waals surface area contributed by atoms with Gasteiger partial charge in [-0.25, -0.2) is 14.4 Å². The fourth-order valence-corrected chi connectivity index (χ4v) is 3.42. The predicted octanol–water partition coefficient (Wildman–Crippen LogP) is 3.56. The number of fused-ring (bicyclic) bond motifs is 1. The summed E-state index contributed by atoms with van der Waals surface area (Å²) in [5.74, 6) is 0.600. The lowest BCUT2D eigenvalue weighted by molar-refractivity contribution is -0.0279. The SMILES string of the molecule is CC(C)Oc1cc2c(-c3cc(N4CCOC(C)(C)C4)ncn3)n[nH]c2cc1F. The molecule has 2 aromatic heterocycles. The fourth-order valence-electron chi connectivity index (χ4n) is 3.42. The Labute approximate surface area is 162 Å². The van der Waals surface area contributed by atoms with Crippen LogP contribution in [0.1, 0.15) is 27.7 Å². The first-order valence-electron chi connectivity index (χ1n) is 9.38. The number of anilines is 1. The molecule has 8 heteroatoms. The van der Waals surface area contributed by atoms with Gasteiger partial charge in [-0.1, -0.05) is 0 Å². The summed E-state index contributed by atoms with van der Waals surface area (Å²) in [6, 6.07) is 4.97. The number of morpholine rings is 1. The maximum Gasteiger partial charge on any atom is 0.167 e. The van der Waals surface area contributed by atoms with E-state index in [0.717, 1.165) is 24.3 Å². The van der Waals surface area contributed by atoms with Crippen LogP contribution in [0.4, 0.5) is 10.2 Å². The van der Waals surface area contributed by atoms with E-state index in [1.807, 2.05) is 19.9 Å². The number of benzene rings is 1. The molecule has 7 nitrogen and oxygen atoms in total. The third-order valence-corrected chi connectivity index (χ3v) is 4.62. The van der Waals surface area contributed by atoms with Crippen LogP contribution in [0.5, 0.6) is 5.75 Å². The average Bonchev–Trinajstić information content (AvgIpc) is 3.03. The van der Waals surface area contributed by atoms with Crippen LogP contribution >= 0.6 is 0 Å². The van der Waals surface area contributed by atoms with E-state index >= 15 is 0 Å². The first kappa shape index (κ1) is 18.6. The van der Waals surface area contributed by atoms with Crippen molar-refractivity contribution in [1.82, 2.24) is 20.2 Å². The van der Waals surface area contributed by atoms with Gasteiger partial charge in [-0.3, -0.25) is 5.10 Å². The lowest BCUT2D eigenvalue weighted by Gasteiger charge is -2.38. The zero-order chi connectivity index (χ0) is 19.9. The molecule has 1 saturated heterocycles. The molecule has 1 aliphatic heterocycles. The van der Waals surface area contributed by atoms with Gasteiger partial charge in [0.15, 0.2) is 11.6 Å². The number of halogens is 1. The monoisotopic (exact) mass is 385 g/mol. The van der Waals surface area contributed by atoms with Crippen LogP contribution in [-0.2, 0) is 4.74 Å². The molecule has 0 radical (unpaired) electrons. The normalized spacial score (nSPS) is 16.7. The van der Waals surface area contributed by atoms with Crippen molar-refractivity contribution in [3.63, 3.8) is 0 Å². The first-order valence-corrected chi connectivity index (χ1v) is 9.38. The molecule has 1 fully saturated rings. The van der Waals surface area contributed by atoms with Crippen LogP contribution < -0.4 is 9.64 Å². The van der Waals surface area contributed by atoms with Crippen molar-refractivity contribution in [1.29, 1.82) is 0 Å². The van der Waals surface area contributed by atoms with Gasteiger partial charge in [0.2, 0.25) is 0 Å². The molecule has 1 aliphatic rings. The van der Waals surface area contributed by atoms with Gasteiger partial charge in [0, 0.05) is 30.6 Å². The number of nitrogens with one attached hydrogen (secondary N) is 1. The fraction of sp³-hybridized carbons (Fsp3) is 0.450. The van der Waals surface area contributed by atoms with Gasteiger partial charge in [-0.05, 0) is 33.8 Å². The molecule has 0 spiro atoms. The maximum absolute atomic E-state index is 14.3. The standard InChI is InChI=1S/C20H24FN5O2/c1-12(2)28-17-7-13-15(8-14(17)21)24-25-19(13)16-9-18(23-11-22-16)26-5-6-27-20(3,4)10-26/h7-9,11-12H,5-6,10H2,1-4H3,(H,24,25). The van der Waals surface area contributed by atoms with Gasteiger partial charge >= 0.3 is 0 Å². The molecule has 0 amide bonds. The van der Waals surface area contributed by atoms with Crippen molar-refractivity contribution < 1.29 is 13.9 Å². The van der Waals surface area contributed by atoms with E-state index in [1.165, 1.54) is 12.4 Å². The van der Waals surface area contributed by atoms with Crippen molar-refractivity contribution in [2.24, 2.45) is 0 Å². The second-order valence-corrected chi connectivity index (χ2v) is 7.86. The van der Waals surface area contributed by atoms with Gasteiger partial charge in [-0.2, -0.15) is 5.10 Å². The Morgan fingerprint density at radius 1 is 1.25 bits per heavy atom. The summed E-state index contributed by atoms with van der Waals surface area (Å²) in [4.78, 5) is 11.0. The third kappa shape index (κ3) is 3.64. The Morgan fingerprint density at radius 2 is 2.07 bits per heavy atom. The summed E-state index contributed by atoms with van der Waals surface area (Å²) in [6.07, 6.45) is 1.40. The minimum absolute atomic E-state index is 0.127. The summed E-state index contributed by atoms with van der Waals surface area (Å²) in [5.41, 5.74) is 1.67. The Balaban J connectivity index is 1.72. The summed E-state index contributed by atoms with van der Waals surface area (Å²) < 4.78 is 25.6. The number of aromatic nitrogens is 4. The van der Waals surface area contributed by atoms with E-state index in [-0.39, 0.29) is 17.5 Å². The van der Waals surface area contributed by atoms with E-state index in [2.05, 4.69) is 38.9 Å². The largest absolute Gasteiger partial charge is 0.488 e. The number of hydrogen-bond donors (Lipinski definition) is 1. The van der Waals surface area contributed by atoms with Crippen LogP contribution in [0, 0.1) is 5.82 Å². The Kier molecular flexibility index (Phi) is 4.66. The number of nitrogens with zero attached hydrogens (tertiary/aromatic N) is 4. The van der Waals surface area contributed by atoms with Gasteiger partial charge < -0.3 is 14.4 Å². The van der Waals surface area contributed by atoms with Crippen LogP contribution in [-0.4, -0.2) is 51.6 Å². The highest BCUT2D eigenvalue weighted by molar-refractivity contribution is 5.93. The zero-order valence-electron chi connectivity index (χ0n) is 16.5. The second kappa shape index (κ2) is 7.01. The Bertz CT molecular complexity index is 1000. The second-order valence-electron chi connectivity index (χ2n) is 7.86. The average molecular weight is 385 g/mol. The van der Waals surface area contributed by atoms with Crippen LogP contribution in [0.25, 0.3) is 22.3 Å². The van der Waals surface area contributed by atoms with Crippen molar-refractivity contribution in [2.45, 2.75) is 39.4 Å². The third-order valence-electron chi connectivity index (χ3n) is 4.62. The number of hydrogen-bond acceptors (Lipinski definition) is 6. The highest BCUT2D eigenvalue weighted by Gasteiger charge is 2.28. The topological polar surface area (TPSA) is 76.2 Å². The smallest absolute Gasteiger partial charge is 0.167 e. The lowest BCUT2D eigenvalue weighted by atomic mass is 10.1. The van der Waals surface area contributed by atoms with Gasteiger partial charge in [0.05, 0.1) is 29.5 Å². The zero-order valence-corrected chi connectivity index (χ0v) is 16.5. The lowest BCUT2D eigenvalue weighted by Crippen LogP contribution is -2.48. The van der Waals surface area contributed by atoms with Crippen LogP contribution in [0.3, 0.4) is 0 Å². The molecular formula is C20H24FN5O2. The molecule has 1 aromatic carbocycles. The van der Waals surface area contributed by atoms with Crippen molar-refractivity contribution >= 4 is 16.7 Å². The van der Waals surface area contributed by atoms with Crippen LogP contribution in [0.2, 0.25) is 0 Å². The van der Waals surface area contributed by atoms with E-state index in [4.69, 9.17) is 9.47 Å². The van der Waals surface area contributed by atoms with E-state index < -0.39 is 5.82 Å². The van der Waals surface area contributed by atoms with E-state index in [9.17, 15) is 4.39 Å². The Morgan fingerprint density at radius 3 is 2.82 bits per heavy atom. The number of rotatable bonds is 4. The quantitative estimate of drug-likeness (QED) is 0.740. The highest BCUT2D eigenvalue weighted by Crippen LogP contribution is 2.32. The molecule has 148 valence electrons. The molecule has 0 atom stereocenters. The molecule has 1 N–H and O–H groups in total. The van der Waals surface area contributed by atoms with E-state index in [0.29, 0.717) is 23.5 Å². The molecule has 3 aromatic rings. The van der Waals surface area contributed by atoms with Crippen LogP contribution in [0.15, 0.2) is 24.5 Å². The van der Waals surface area contributed by atoms with Crippen molar-refractivity contribution in [3.05, 3.63) is 30.3 Å². The summed E-state index contributed by atoms with van der Waals surface area (Å²) in [7, 11) is 0. The summed E-state index contributed by atoms with van der Waals surface area (Å²) in [6.45, 7) is 10.00. The number of H-pyrrole nitrogens is 1. The molecule has 0 aliphatic carbocycles. The van der Waals surface area contributed by atoms with Crippen molar-refractivity contribution in [2.75, 3.05) is 24.6 Å². The molecule has 28 heavy (non-hydrogen) atoms. The molecule has 0 unspecified atom stereocenters. The highest BCUT2D eigenvalue weighted by atomic mass is 19.1. The predicted molar refractivity (Wildman–Crippen MR) is 105 cm³/mol. The molecule has 3 heterocycles. The van der Waals surface area contributed by atoms with Gasteiger partial charge in [0.25, 0.3) is 0 Å². The molecular weight excluding hydrogens is 361 g/mol. The summed E-state index contributed by atoms with van der Waals surface area (Å²) >= 11 is 0. The van der Waals surface area contributed by atoms with E-state index in [1.54, 1.807) is 6.07 Å². The molecule has 4 rings (SSSR count).